The van der Waals surface area contributed by atoms with Gasteiger partial charge in [-0.05, 0) is 70.8 Å². The van der Waals surface area contributed by atoms with Crippen molar-refractivity contribution in [2.24, 2.45) is 17.8 Å². The van der Waals surface area contributed by atoms with Crippen LogP contribution < -0.4 is 21.3 Å². The Bertz CT molecular complexity index is 1490. The minimum atomic E-state index is -1.10. The van der Waals surface area contributed by atoms with Crippen molar-refractivity contribution in [3.63, 3.8) is 0 Å². The Balaban J connectivity index is 1.83. The highest BCUT2D eigenvalue weighted by Crippen LogP contribution is 2.30. The van der Waals surface area contributed by atoms with E-state index in [-0.39, 0.29) is 49.4 Å². The summed E-state index contributed by atoms with van der Waals surface area (Å²) < 4.78 is 10.5. The van der Waals surface area contributed by atoms with Crippen molar-refractivity contribution >= 4 is 29.8 Å². The molecule has 1 aliphatic carbocycles. The third-order valence-corrected chi connectivity index (χ3v) is 9.82. The van der Waals surface area contributed by atoms with Crippen molar-refractivity contribution in [1.82, 2.24) is 31.2 Å². The number of imidazole rings is 1. The lowest BCUT2D eigenvalue weighted by Gasteiger charge is -2.33. The highest BCUT2D eigenvalue weighted by atomic mass is 16.6. The molecule has 312 valence electrons. The predicted octanol–water partition coefficient (Wildman–Crippen LogP) is 4.90. The highest BCUT2D eigenvalue weighted by molar-refractivity contribution is 5.91. The van der Waals surface area contributed by atoms with Gasteiger partial charge in [-0.15, -0.1) is 0 Å². The minimum absolute atomic E-state index is 0.0679. The van der Waals surface area contributed by atoms with Crippen LogP contribution in [0.4, 0.5) is 4.79 Å². The molecule has 14 heteroatoms. The first-order valence-corrected chi connectivity index (χ1v) is 20.4. The molecule has 1 aliphatic rings. The summed E-state index contributed by atoms with van der Waals surface area (Å²) in [5, 5.41) is 23.4. The Morgan fingerprint density at radius 3 is 2.21 bits per heavy atom. The molecular weight excluding hydrogens is 716 g/mol. The molecule has 1 saturated carbocycles. The third kappa shape index (κ3) is 17.6. The lowest BCUT2D eigenvalue weighted by atomic mass is 9.81. The number of amides is 4. The van der Waals surface area contributed by atoms with Gasteiger partial charge in [-0.2, -0.15) is 0 Å². The third-order valence-electron chi connectivity index (χ3n) is 9.82. The van der Waals surface area contributed by atoms with E-state index in [9.17, 15) is 29.1 Å². The van der Waals surface area contributed by atoms with Gasteiger partial charge in [0.25, 0.3) is 0 Å². The number of nitrogens with zero attached hydrogens (tertiary/aromatic N) is 1. The molecule has 0 saturated heterocycles. The van der Waals surface area contributed by atoms with Gasteiger partial charge in [0, 0.05) is 43.6 Å². The van der Waals surface area contributed by atoms with Crippen molar-refractivity contribution < 1.29 is 38.6 Å². The van der Waals surface area contributed by atoms with Crippen LogP contribution in [0.3, 0.4) is 0 Å². The van der Waals surface area contributed by atoms with Crippen LogP contribution in [0.25, 0.3) is 0 Å². The molecule has 1 aromatic heterocycles. The van der Waals surface area contributed by atoms with E-state index in [1.807, 2.05) is 44.2 Å². The van der Waals surface area contributed by atoms with Crippen molar-refractivity contribution in [1.29, 1.82) is 0 Å². The number of carbonyl (C=O) groups excluding carboxylic acids is 5. The molecule has 0 radical (unpaired) electrons. The Morgan fingerprint density at radius 1 is 0.911 bits per heavy atom. The lowest BCUT2D eigenvalue weighted by molar-refractivity contribution is -0.143. The zero-order chi connectivity index (χ0) is 41.1. The normalized spacial score (nSPS) is 16.1. The molecule has 6 N–H and O–H groups in total. The standard InChI is InChI=1S/C42H66N6O8/c1-7-55-37(50)19-14-20-44-38(51)31(21-28(2)3)24-36(49)33(22-29-15-10-8-11-16-29)46-40(53)35(25-32-26-43-27-45-32)47-39(52)34(23-30-17-12-9-13-18-30)48-41(54)56-42(4,5)6/h9,12-13,17-18,26-29,31,33-36,49H,7-8,10-11,14-16,19-25H2,1-6H3,(H,43,45)(H,44,51)(H,46,53)(H,47,52)(H,48,54)/t31-,33+,34+,35+,36+/m1/s1. The number of aromatic nitrogens is 2. The maximum atomic E-state index is 14.3. The number of H-pyrrole nitrogens is 1. The molecule has 3 rings (SSSR count). The lowest BCUT2D eigenvalue weighted by Crippen LogP contribution is -2.58. The minimum Gasteiger partial charge on any atom is -0.466 e. The monoisotopic (exact) mass is 782 g/mol. The molecule has 0 spiro atoms. The Hall–Kier alpha value is -4.46. The number of hydrogen-bond donors (Lipinski definition) is 6. The first kappa shape index (κ1) is 45.9. The van der Waals surface area contributed by atoms with E-state index < -0.39 is 53.7 Å². The van der Waals surface area contributed by atoms with Crippen molar-refractivity contribution in [3.05, 3.63) is 54.1 Å². The van der Waals surface area contributed by atoms with Gasteiger partial charge in [0.15, 0.2) is 0 Å². The fraction of sp³-hybridized carbons (Fsp3) is 0.667. The molecule has 1 aromatic carbocycles. The van der Waals surface area contributed by atoms with Crippen LogP contribution in [0.15, 0.2) is 42.9 Å². The summed E-state index contributed by atoms with van der Waals surface area (Å²) in [4.78, 5) is 73.6. The number of ether oxygens (including phenoxy) is 2. The van der Waals surface area contributed by atoms with Gasteiger partial charge in [-0.1, -0.05) is 76.3 Å². The summed E-state index contributed by atoms with van der Waals surface area (Å²) in [5.41, 5.74) is 0.604. The Morgan fingerprint density at radius 2 is 1.59 bits per heavy atom. The van der Waals surface area contributed by atoms with Crippen LogP contribution in [0.2, 0.25) is 0 Å². The topological polar surface area (TPSA) is 201 Å². The summed E-state index contributed by atoms with van der Waals surface area (Å²) in [7, 11) is 0. The summed E-state index contributed by atoms with van der Waals surface area (Å²) in [6.45, 7) is 11.6. The molecule has 5 atom stereocenters. The van der Waals surface area contributed by atoms with Gasteiger partial charge in [-0.3, -0.25) is 19.2 Å². The zero-order valence-corrected chi connectivity index (χ0v) is 34.2. The van der Waals surface area contributed by atoms with E-state index in [4.69, 9.17) is 9.47 Å². The number of aliphatic hydroxyl groups is 1. The first-order chi connectivity index (χ1) is 26.6. The second-order valence-electron chi connectivity index (χ2n) is 16.4. The second kappa shape index (κ2) is 23.6. The van der Waals surface area contributed by atoms with Gasteiger partial charge >= 0.3 is 12.1 Å². The van der Waals surface area contributed by atoms with E-state index in [0.29, 0.717) is 38.1 Å². The van der Waals surface area contributed by atoms with Crippen molar-refractivity contribution in [2.75, 3.05) is 13.2 Å². The maximum absolute atomic E-state index is 14.3. The van der Waals surface area contributed by atoms with Crippen LogP contribution in [-0.2, 0) is 41.5 Å². The van der Waals surface area contributed by atoms with Gasteiger partial charge in [0.1, 0.15) is 17.7 Å². The number of rotatable bonds is 22. The molecule has 56 heavy (non-hydrogen) atoms. The molecule has 1 heterocycles. The number of hydrogen-bond acceptors (Lipinski definition) is 9. The van der Waals surface area contributed by atoms with Crippen LogP contribution in [0, 0.1) is 17.8 Å². The first-order valence-electron chi connectivity index (χ1n) is 20.4. The van der Waals surface area contributed by atoms with E-state index in [1.165, 1.54) is 6.33 Å². The molecule has 0 unspecified atom stereocenters. The van der Waals surface area contributed by atoms with E-state index >= 15 is 0 Å². The average molecular weight is 783 g/mol. The fourth-order valence-electron chi connectivity index (χ4n) is 7.14. The van der Waals surface area contributed by atoms with Crippen LogP contribution in [0.1, 0.15) is 117 Å². The number of aromatic amines is 1. The van der Waals surface area contributed by atoms with E-state index in [0.717, 1.165) is 37.7 Å². The SMILES string of the molecule is CCOC(=O)CCCNC(=O)[C@H](CC(C)C)C[C@H](O)[C@H](CC1CCCCC1)NC(=O)[C@H](Cc1cnc[nH]1)NC(=O)[C@H](Cc1ccccc1)NC(=O)OC(C)(C)C. The number of esters is 1. The highest BCUT2D eigenvalue weighted by Gasteiger charge is 2.34. The Kier molecular flexibility index (Phi) is 19.3. The Labute approximate surface area is 332 Å². The van der Waals surface area contributed by atoms with E-state index in [2.05, 4.69) is 31.2 Å². The summed E-state index contributed by atoms with van der Waals surface area (Å²) >= 11 is 0. The van der Waals surface area contributed by atoms with E-state index in [1.54, 1.807) is 33.9 Å². The van der Waals surface area contributed by atoms with Gasteiger partial charge in [0.05, 0.1) is 25.1 Å². The molecule has 2 aromatic rings. The predicted molar refractivity (Wildman–Crippen MR) is 213 cm³/mol. The largest absolute Gasteiger partial charge is 0.466 e. The molecule has 0 bridgehead atoms. The summed E-state index contributed by atoms with van der Waals surface area (Å²) in [5.74, 6) is -1.71. The average Bonchev–Trinajstić information content (AvgIpc) is 3.65. The number of nitrogens with one attached hydrogen (secondary N) is 5. The number of benzene rings is 1. The number of alkyl carbamates (subject to hydrolysis) is 1. The van der Waals surface area contributed by atoms with Crippen LogP contribution in [-0.4, -0.2) is 87.8 Å². The number of carbonyl (C=O) groups is 5. The van der Waals surface area contributed by atoms with Gasteiger partial charge < -0.3 is 40.8 Å². The van der Waals surface area contributed by atoms with Gasteiger partial charge in [-0.25, -0.2) is 9.78 Å². The summed E-state index contributed by atoms with van der Waals surface area (Å²) in [6.07, 6.45) is 8.47. The number of aliphatic hydroxyl groups excluding tert-OH is 1. The van der Waals surface area contributed by atoms with Crippen LogP contribution in [0.5, 0.6) is 0 Å². The zero-order valence-electron chi connectivity index (χ0n) is 34.2. The van der Waals surface area contributed by atoms with Crippen molar-refractivity contribution in [3.8, 4) is 0 Å². The fourth-order valence-corrected chi connectivity index (χ4v) is 7.14. The van der Waals surface area contributed by atoms with Gasteiger partial charge in [0.2, 0.25) is 17.7 Å². The molecule has 14 nitrogen and oxygen atoms in total. The van der Waals surface area contributed by atoms with Crippen molar-refractivity contribution in [2.45, 2.75) is 148 Å². The molecule has 0 aliphatic heterocycles. The summed E-state index contributed by atoms with van der Waals surface area (Å²) in [6, 6.07) is 6.36. The second-order valence-corrected chi connectivity index (χ2v) is 16.4. The smallest absolute Gasteiger partial charge is 0.408 e. The molecular formula is C42H66N6O8. The maximum Gasteiger partial charge on any atom is 0.408 e. The van der Waals surface area contributed by atoms with Crippen LogP contribution >= 0.6 is 0 Å². The quantitative estimate of drug-likeness (QED) is 0.0710. The molecule has 1 fully saturated rings. The molecule has 4 amide bonds.